The summed E-state index contributed by atoms with van der Waals surface area (Å²) in [5.74, 6) is 0. The van der Waals surface area contributed by atoms with Gasteiger partial charge in [0.2, 0.25) is 0 Å². The molecule has 0 spiro atoms. The minimum absolute atomic E-state index is 0.588. The van der Waals surface area contributed by atoms with Crippen molar-refractivity contribution in [3.63, 3.8) is 0 Å². The summed E-state index contributed by atoms with van der Waals surface area (Å²) in [4.78, 5) is 0.972. The summed E-state index contributed by atoms with van der Waals surface area (Å²) >= 11 is 1.41. The zero-order chi connectivity index (χ0) is 11.8. The van der Waals surface area contributed by atoms with Gasteiger partial charge in [-0.3, -0.25) is 0 Å². The lowest BCUT2D eigenvalue weighted by Crippen LogP contribution is -2.04. The molecule has 0 aliphatic rings. The van der Waals surface area contributed by atoms with Gasteiger partial charge in [-0.1, -0.05) is 12.1 Å². The fourth-order valence-electron chi connectivity index (χ4n) is 1.48. The lowest BCUT2D eigenvalue weighted by atomic mass is 10.0. The van der Waals surface area contributed by atoms with Crippen LogP contribution in [0.1, 0.15) is 10.4 Å². The normalized spacial score (nSPS) is 11.8. The van der Waals surface area contributed by atoms with Crippen molar-refractivity contribution in [2.24, 2.45) is 0 Å². The third-order valence-corrected chi connectivity index (χ3v) is 3.06. The molecule has 0 amide bonds. The summed E-state index contributed by atoms with van der Waals surface area (Å²) in [5, 5.41) is 2.92. The molecule has 1 aromatic heterocycles. The Labute approximate surface area is 95.4 Å². The predicted octanol–water partition coefficient (Wildman–Crippen LogP) is 4.54. The molecule has 0 unspecified atom stereocenters. The quantitative estimate of drug-likeness (QED) is 0.687. The van der Waals surface area contributed by atoms with E-state index in [1.165, 1.54) is 23.5 Å². The summed E-state index contributed by atoms with van der Waals surface area (Å²) in [5.41, 5.74) is 0.788. The molecule has 1 heterocycles. The number of aryl methyl sites for hydroxylation is 1. The molecule has 0 aliphatic heterocycles. The van der Waals surface area contributed by atoms with Crippen LogP contribution in [-0.4, -0.2) is 0 Å². The molecule has 0 bridgehead atoms. The lowest BCUT2D eigenvalue weighted by molar-refractivity contribution is -0.137. The number of hydrogen-bond donors (Lipinski definition) is 0. The van der Waals surface area contributed by atoms with E-state index < -0.39 is 11.7 Å². The van der Waals surface area contributed by atoms with Crippen molar-refractivity contribution in [2.75, 3.05) is 0 Å². The van der Waals surface area contributed by atoms with Gasteiger partial charge in [-0.25, -0.2) is 0 Å². The Morgan fingerprint density at radius 2 is 2.00 bits per heavy atom. The zero-order valence-corrected chi connectivity index (χ0v) is 9.25. The Bertz CT molecular complexity index is 497. The molecule has 1 radical (unpaired) electrons. The van der Waals surface area contributed by atoms with E-state index in [0.29, 0.717) is 5.56 Å². The van der Waals surface area contributed by atoms with Crippen LogP contribution in [0, 0.1) is 12.3 Å². The molecule has 4 heteroatoms. The van der Waals surface area contributed by atoms with E-state index in [4.69, 9.17) is 0 Å². The summed E-state index contributed by atoms with van der Waals surface area (Å²) in [7, 11) is 0. The Morgan fingerprint density at radius 3 is 2.56 bits per heavy atom. The van der Waals surface area contributed by atoms with Crippen LogP contribution in [0.2, 0.25) is 0 Å². The highest BCUT2D eigenvalue weighted by Gasteiger charge is 2.30. The maximum Gasteiger partial charge on any atom is 0.416 e. The minimum atomic E-state index is -4.29. The molecule has 2 rings (SSSR count). The highest BCUT2D eigenvalue weighted by atomic mass is 32.1. The molecular weight excluding hydrogens is 233 g/mol. The SMILES string of the molecule is Cc1s[c]cc1-c1cccc(C(F)(F)F)c1. The molecule has 0 nitrogen and oxygen atoms in total. The monoisotopic (exact) mass is 241 g/mol. The fraction of sp³-hybridized carbons (Fsp3) is 0.167. The van der Waals surface area contributed by atoms with Crippen molar-refractivity contribution in [3.05, 3.63) is 46.2 Å². The first kappa shape index (κ1) is 11.2. The van der Waals surface area contributed by atoms with Gasteiger partial charge in [-0.05, 0) is 36.2 Å². The second kappa shape index (κ2) is 3.94. The van der Waals surface area contributed by atoms with Crippen molar-refractivity contribution in [3.8, 4) is 11.1 Å². The molecule has 0 fully saturated rings. The van der Waals surface area contributed by atoms with Gasteiger partial charge in [-0.2, -0.15) is 13.2 Å². The van der Waals surface area contributed by atoms with Gasteiger partial charge in [0.15, 0.2) is 0 Å². The maximum atomic E-state index is 12.5. The molecule has 0 atom stereocenters. The van der Waals surface area contributed by atoms with Gasteiger partial charge in [-0.15, -0.1) is 11.3 Å². The van der Waals surface area contributed by atoms with E-state index in [0.717, 1.165) is 16.5 Å². The molecule has 83 valence electrons. The number of thiophene rings is 1. The number of hydrogen-bond acceptors (Lipinski definition) is 1. The standard InChI is InChI=1S/C12H8F3S/c1-8-11(5-6-16-8)9-3-2-4-10(7-9)12(13,14)15/h2-5,7H,1H3. The molecule has 0 aliphatic carbocycles. The van der Waals surface area contributed by atoms with Gasteiger partial charge in [0.25, 0.3) is 0 Å². The zero-order valence-electron chi connectivity index (χ0n) is 8.43. The van der Waals surface area contributed by atoms with Crippen LogP contribution in [-0.2, 0) is 6.18 Å². The van der Waals surface area contributed by atoms with Crippen LogP contribution in [0.15, 0.2) is 30.3 Å². The predicted molar refractivity (Wildman–Crippen MR) is 58.3 cm³/mol. The van der Waals surface area contributed by atoms with Gasteiger partial charge < -0.3 is 0 Å². The average Bonchev–Trinajstić information content (AvgIpc) is 2.63. The van der Waals surface area contributed by atoms with Crippen LogP contribution in [0.4, 0.5) is 13.2 Å². The number of alkyl halides is 3. The average molecular weight is 241 g/mol. The molecule has 16 heavy (non-hydrogen) atoms. The summed E-state index contributed by atoms with van der Waals surface area (Å²) in [6.07, 6.45) is -4.29. The third-order valence-electron chi connectivity index (χ3n) is 2.30. The second-order valence-corrected chi connectivity index (χ2v) is 4.46. The van der Waals surface area contributed by atoms with Crippen LogP contribution in [0.5, 0.6) is 0 Å². The smallest absolute Gasteiger partial charge is 0.166 e. The Balaban J connectivity index is 2.49. The third kappa shape index (κ3) is 2.11. The topological polar surface area (TPSA) is 0 Å². The van der Waals surface area contributed by atoms with Crippen molar-refractivity contribution in [1.29, 1.82) is 0 Å². The van der Waals surface area contributed by atoms with Crippen molar-refractivity contribution >= 4 is 11.3 Å². The van der Waals surface area contributed by atoms with Crippen LogP contribution < -0.4 is 0 Å². The van der Waals surface area contributed by atoms with Gasteiger partial charge in [0.05, 0.1) is 5.56 Å². The number of halogens is 3. The van der Waals surface area contributed by atoms with E-state index in [2.05, 4.69) is 5.38 Å². The van der Waals surface area contributed by atoms with Gasteiger partial charge in [0, 0.05) is 10.3 Å². The van der Waals surface area contributed by atoms with E-state index in [1.54, 1.807) is 12.1 Å². The Hall–Kier alpha value is -1.29. The summed E-state index contributed by atoms with van der Waals surface area (Å²) < 4.78 is 37.5. The lowest BCUT2D eigenvalue weighted by Gasteiger charge is -2.08. The highest BCUT2D eigenvalue weighted by molar-refractivity contribution is 7.09. The summed E-state index contributed by atoms with van der Waals surface area (Å²) in [6, 6.07) is 7.07. The van der Waals surface area contributed by atoms with E-state index in [9.17, 15) is 13.2 Å². The second-order valence-electron chi connectivity index (χ2n) is 3.41. The molecule has 1 aromatic carbocycles. The highest BCUT2D eigenvalue weighted by Crippen LogP contribution is 2.33. The first-order chi connectivity index (χ1) is 7.48. The molecule has 0 saturated carbocycles. The van der Waals surface area contributed by atoms with Crippen molar-refractivity contribution in [2.45, 2.75) is 13.1 Å². The van der Waals surface area contributed by atoms with Crippen LogP contribution in [0.25, 0.3) is 11.1 Å². The van der Waals surface area contributed by atoms with Crippen molar-refractivity contribution in [1.82, 2.24) is 0 Å². The van der Waals surface area contributed by atoms with E-state index in [1.807, 2.05) is 6.92 Å². The fourth-order valence-corrected chi connectivity index (χ4v) is 2.12. The molecule has 0 N–H and O–H groups in total. The van der Waals surface area contributed by atoms with Gasteiger partial charge in [0.1, 0.15) is 0 Å². The minimum Gasteiger partial charge on any atom is -0.166 e. The van der Waals surface area contributed by atoms with E-state index in [-0.39, 0.29) is 0 Å². The first-order valence-corrected chi connectivity index (χ1v) is 5.44. The molecule has 2 aromatic rings. The summed E-state index contributed by atoms with van der Waals surface area (Å²) in [6.45, 7) is 1.87. The Morgan fingerprint density at radius 1 is 1.25 bits per heavy atom. The molecule has 0 saturated heterocycles. The number of benzene rings is 1. The van der Waals surface area contributed by atoms with Crippen molar-refractivity contribution < 1.29 is 13.2 Å². The van der Waals surface area contributed by atoms with Crippen LogP contribution >= 0.6 is 11.3 Å². The molecular formula is C12H8F3S. The van der Waals surface area contributed by atoms with Crippen LogP contribution in [0.3, 0.4) is 0 Å². The Kier molecular flexibility index (Phi) is 2.76. The van der Waals surface area contributed by atoms with E-state index >= 15 is 0 Å². The first-order valence-electron chi connectivity index (χ1n) is 4.62. The van der Waals surface area contributed by atoms with Gasteiger partial charge >= 0.3 is 6.18 Å². The number of rotatable bonds is 1. The largest absolute Gasteiger partial charge is 0.416 e. The maximum absolute atomic E-state index is 12.5.